The maximum absolute atomic E-state index is 11.8. The van der Waals surface area contributed by atoms with Gasteiger partial charge in [-0.3, -0.25) is 0 Å². The van der Waals surface area contributed by atoms with Crippen molar-refractivity contribution in [3.05, 3.63) is 0 Å². The average Bonchev–Trinajstić information content (AvgIpc) is 2.21. The molecule has 0 spiro atoms. The fraction of sp³-hybridized carbons (Fsp3) is 1.00. The number of alkyl halides is 1. The zero-order chi connectivity index (χ0) is 11.7. The third kappa shape index (κ3) is 6.35. The van der Waals surface area contributed by atoms with Gasteiger partial charge in [0.15, 0.2) is 0 Å². The molecule has 0 N–H and O–H groups in total. The smallest absolute Gasteiger partial charge is 0.216 e. The van der Waals surface area contributed by atoms with Gasteiger partial charge in [-0.1, -0.05) is 13.3 Å². The molecule has 0 saturated heterocycles. The summed E-state index contributed by atoms with van der Waals surface area (Å²) in [6.07, 6.45) is 1.84. The van der Waals surface area contributed by atoms with Crippen molar-refractivity contribution >= 4 is 21.6 Å². The Kier molecular flexibility index (Phi) is 8.42. The first-order chi connectivity index (χ1) is 7.08. The lowest BCUT2D eigenvalue weighted by molar-refractivity contribution is 0.215. The molecule has 0 aromatic heterocycles. The SMILES string of the molecule is CCCCN(CCCl)S(=O)(=O)CCOC. The summed E-state index contributed by atoms with van der Waals surface area (Å²) in [6.45, 7) is 3.19. The lowest BCUT2D eigenvalue weighted by atomic mass is 10.3. The van der Waals surface area contributed by atoms with Crippen molar-refractivity contribution in [1.29, 1.82) is 0 Å². The molecule has 92 valence electrons. The predicted octanol–water partition coefficient (Wildman–Crippen LogP) is 1.30. The highest BCUT2D eigenvalue weighted by atomic mass is 35.5. The van der Waals surface area contributed by atoms with Crippen LogP contribution < -0.4 is 0 Å². The van der Waals surface area contributed by atoms with Crippen LogP contribution in [0.1, 0.15) is 19.8 Å². The molecule has 0 fully saturated rings. The highest BCUT2D eigenvalue weighted by molar-refractivity contribution is 7.89. The summed E-state index contributed by atoms with van der Waals surface area (Å²) >= 11 is 5.58. The number of ether oxygens (including phenoxy) is 1. The van der Waals surface area contributed by atoms with Crippen molar-refractivity contribution in [2.75, 3.05) is 38.4 Å². The van der Waals surface area contributed by atoms with Gasteiger partial charge in [-0.15, -0.1) is 11.6 Å². The molecule has 0 aliphatic rings. The summed E-state index contributed by atoms with van der Waals surface area (Å²) in [6, 6.07) is 0. The highest BCUT2D eigenvalue weighted by Crippen LogP contribution is 2.05. The van der Waals surface area contributed by atoms with Crippen LogP contribution in [-0.4, -0.2) is 51.2 Å². The molecule has 0 heterocycles. The number of nitrogens with zero attached hydrogens (tertiary/aromatic N) is 1. The van der Waals surface area contributed by atoms with E-state index < -0.39 is 10.0 Å². The zero-order valence-electron chi connectivity index (χ0n) is 9.41. The summed E-state index contributed by atoms with van der Waals surface area (Å²) < 4.78 is 29.8. The number of hydrogen-bond acceptors (Lipinski definition) is 3. The quantitative estimate of drug-likeness (QED) is 0.585. The van der Waals surface area contributed by atoms with E-state index >= 15 is 0 Å². The topological polar surface area (TPSA) is 46.6 Å². The third-order valence-corrected chi connectivity index (χ3v) is 4.04. The van der Waals surface area contributed by atoms with Gasteiger partial charge in [-0.05, 0) is 6.42 Å². The van der Waals surface area contributed by atoms with Crippen molar-refractivity contribution in [2.45, 2.75) is 19.8 Å². The summed E-state index contributed by atoms with van der Waals surface area (Å²) in [5, 5.41) is 0. The second-order valence-electron chi connectivity index (χ2n) is 3.25. The minimum atomic E-state index is -3.20. The molecule has 0 atom stereocenters. The Morgan fingerprint density at radius 3 is 2.47 bits per heavy atom. The van der Waals surface area contributed by atoms with E-state index in [9.17, 15) is 8.42 Å². The van der Waals surface area contributed by atoms with Crippen LogP contribution in [0, 0.1) is 0 Å². The molecule has 0 aliphatic carbocycles. The van der Waals surface area contributed by atoms with E-state index in [0.717, 1.165) is 12.8 Å². The van der Waals surface area contributed by atoms with Crippen molar-refractivity contribution in [3.8, 4) is 0 Å². The number of unbranched alkanes of at least 4 members (excludes halogenated alkanes) is 1. The number of halogens is 1. The molecule has 0 aliphatic heterocycles. The second-order valence-corrected chi connectivity index (χ2v) is 5.72. The Balaban J connectivity index is 4.30. The van der Waals surface area contributed by atoms with Crippen LogP contribution in [0.4, 0.5) is 0 Å². The molecule has 4 nitrogen and oxygen atoms in total. The average molecular weight is 258 g/mol. The van der Waals surface area contributed by atoms with Gasteiger partial charge >= 0.3 is 0 Å². The number of methoxy groups -OCH3 is 1. The van der Waals surface area contributed by atoms with Crippen molar-refractivity contribution in [3.63, 3.8) is 0 Å². The lowest BCUT2D eigenvalue weighted by Gasteiger charge is -2.20. The second kappa shape index (κ2) is 8.33. The van der Waals surface area contributed by atoms with Crippen LogP contribution in [0.2, 0.25) is 0 Å². The van der Waals surface area contributed by atoms with E-state index in [1.165, 1.54) is 11.4 Å². The lowest BCUT2D eigenvalue weighted by Crippen LogP contribution is -2.36. The van der Waals surface area contributed by atoms with Gasteiger partial charge in [-0.25, -0.2) is 12.7 Å². The van der Waals surface area contributed by atoms with Crippen molar-refractivity contribution < 1.29 is 13.2 Å². The number of sulfonamides is 1. The minimum absolute atomic E-state index is 0.0318. The van der Waals surface area contributed by atoms with Gasteiger partial charge in [0.1, 0.15) is 0 Å². The summed E-state index contributed by atoms with van der Waals surface area (Å²) in [7, 11) is -1.70. The molecule has 0 bridgehead atoms. The van der Waals surface area contributed by atoms with E-state index in [-0.39, 0.29) is 12.4 Å². The Labute approximate surface area is 97.6 Å². The molecule has 0 aromatic rings. The van der Waals surface area contributed by atoms with Crippen molar-refractivity contribution in [1.82, 2.24) is 4.31 Å². The van der Waals surface area contributed by atoms with Gasteiger partial charge in [0, 0.05) is 26.1 Å². The van der Waals surface area contributed by atoms with Gasteiger partial charge in [0.25, 0.3) is 0 Å². The van der Waals surface area contributed by atoms with Crippen LogP contribution in [0.3, 0.4) is 0 Å². The molecule has 6 heteroatoms. The van der Waals surface area contributed by atoms with Crippen molar-refractivity contribution in [2.24, 2.45) is 0 Å². The molecule has 0 saturated carbocycles. The van der Waals surface area contributed by atoms with Gasteiger partial charge in [0.2, 0.25) is 10.0 Å². The fourth-order valence-electron chi connectivity index (χ4n) is 1.14. The van der Waals surface area contributed by atoms with Gasteiger partial charge in [0.05, 0.1) is 12.4 Å². The first kappa shape index (κ1) is 15.2. The standard InChI is InChI=1S/C9H20ClNO3S/c1-3-4-6-11(7-5-10)15(12,13)9-8-14-2/h3-9H2,1-2H3. The van der Waals surface area contributed by atoms with E-state index in [2.05, 4.69) is 0 Å². The number of hydrogen-bond donors (Lipinski definition) is 0. The first-order valence-electron chi connectivity index (χ1n) is 5.11. The fourth-order valence-corrected chi connectivity index (χ4v) is 2.85. The molecule has 0 radical (unpaired) electrons. The summed E-state index contributed by atoms with van der Waals surface area (Å²) in [4.78, 5) is 0. The van der Waals surface area contributed by atoms with E-state index in [0.29, 0.717) is 19.0 Å². The Hall–Kier alpha value is 0.160. The molecule has 0 unspecified atom stereocenters. The molecule has 0 rings (SSSR count). The Morgan fingerprint density at radius 2 is 2.00 bits per heavy atom. The zero-order valence-corrected chi connectivity index (χ0v) is 11.0. The van der Waals surface area contributed by atoms with Crippen LogP contribution in [-0.2, 0) is 14.8 Å². The first-order valence-corrected chi connectivity index (χ1v) is 7.25. The molecular formula is C9H20ClNO3S. The predicted molar refractivity (Wildman–Crippen MR) is 62.9 cm³/mol. The monoisotopic (exact) mass is 257 g/mol. The van der Waals surface area contributed by atoms with Crippen LogP contribution in [0.5, 0.6) is 0 Å². The van der Waals surface area contributed by atoms with Crippen LogP contribution in [0.15, 0.2) is 0 Å². The largest absolute Gasteiger partial charge is 0.384 e. The normalized spacial score (nSPS) is 12.3. The Bertz CT molecular complexity index is 244. The maximum atomic E-state index is 11.8. The summed E-state index contributed by atoms with van der Waals surface area (Å²) in [5.41, 5.74) is 0. The molecular weight excluding hydrogens is 238 g/mol. The van der Waals surface area contributed by atoms with Crippen LogP contribution >= 0.6 is 11.6 Å². The van der Waals surface area contributed by atoms with E-state index in [4.69, 9.17) is 16.3 Å². The number of rotatable bonds is 9. The van der Waals surface area contributed by atoms with E-state index in [1.807, 2.05) is 6.92 Å². The molecule has 0 aromatic carbocycles. The maximum Gasteiger partial charge on any atom is 0.216 e. The van der Waals surface area contributed by atoms with E-state index in [1.54, 1.807) is 0 Å². The third-order valence-electron chi connectivity index (χ3n) is 2.03. The van der Waals surface area contributed by atoms with Gasteiger partial charge in [-0.2, -0.15) is 0 Å². The molecule has 0 amide bonds. The minimum Gasteiger partial charge on any atom is -0.384 e. The highest BCUT2D eigenvalue weighted by Gasteiger charge is 2.20. The summed E-state index contributed by atoms with van der Waals surface area (Å²) in [5.74, 6) is 0.361. The Morgan fingerprint density at radius 1 is 1.33 bits per heavy atom. The molecule has 15 heavy (non-hydrogen) atoms. The van der Waals surface area contributed by atoms with Gasteiger partial charge < -0.3 is 4.74 Å². The van der Waals surface area contributed by atoms with Crippen LogP contribution in [0.25, 0.3) is 0 Å².